The van der Waals surface area contributed by atoms with Gasteiger partial charge in [0.2, 0.25) is 11.8 Å². The van der Waals surface area contributed by atoms with Gasteiger partial charge in [-0.3, -0.25) is 14.5 Å². The second-order valence-electron chi connectivity index (χ2n) is 17.7. The third kappa shape index (κ3) is 10.5. The van der Waals surface area contributed by atoms with Gasteiger partial charge in [0.25, 0.3) is 0 Å². The molecule has 3 aromatic carbocycles. The summed E-state index contributed by atoms with van der Waals surface area (Å²) in [4.78, 5) is 63.3. The highest BCUT2D eigenvalue weighted by Gasteiger charge is 2.40. The van der Waals surface area contributed by atoms with Crippen molar-refractivity contribution in [2.24, 2.45) is 5.92 Å². The van der Waals surface area contributed by atoms with Gasteiger partial charge in [0.05, 0.1) is 56.2 Å². The first-order valence-corrected chi connectivity index (χ1v) is 23.6. The molecule has 8 rings (SSSR count). The number of methoxy groups -OCH3 is 3. The van der Waals surface area contributed by atoms with Crippen LogP contribution in [0.15, 0.2) is 79.1 Å². The molecule has 0 saturated carbocycles. The number of imidazole rings is 2. The molecule has 3 aliphatic heterocycles. The number of nitrogens with one attached hydrogen (secondary N) is 3. The Morgan fingerprint density at radius 1 is 0.657 bits per heavy atom. The fourth-order valence-corrected chi connectivity index (χ4v) is 9.68. The van der Waals surface area contributed by atoms with Crippen LogP contribution in [0.5, 0.6) is 11.5 Å². The van der Waals surface area contributed by atoms with Crippen molar-refractivity contribution >= 4 is 17.9 Å². The third-order valence-electron chi connectivity index (χ3n) is 13.1. The molecule has 4 unspecified atom stereocenters. The molecule has 5 heterocycles. The Hall–Kier alpha value is -6.23. The molecule has 0 spiro atoms. The Kier molecular flexibility index (Phi) is 15.6. The molecule has 0 aliphatic carbocycles. The standard InChI is InChI=1S/C51H64N8O8/c1-33(2)43(56-51(62)65-5)49(60)58-25-11-15-41(58)47-52-31-39(54-47)35-19-17-34(18-20-35)37-21-22-38(46(67-30-28-64-4)45(37)66-29-27-63-3)40-32-53-48(55-40)42-16-12-26-59(42)50(61)44(57-23-9-10-24-57)36-13-7-6-8-14-36/h6-8,13-14,17-22,31-33,41-44H,9-12,15-16,23-30H2,1-5H3,(H,52,54)(H,53,55)(H,56,62). The minimum atomic E-state index is -0.715. The number of aromatic nitrogens is 4. The molecular formula is C51H64N8O8. The van der Waals surface area contributed by atoms with E-state index >= 15 is 0 Å². The number of nitrogens with zero attached hydrogens (tertiary/aromatic N) is 5. The van der Waals surface area contributed by atoms with Crippen molar-refractivity contribution in [2.75, 3.05) is 73.9 Å². The summed E-state index contributed by atoms with van der Waals surface area (Å²) >= 11 is 0. The molecule has 4 atom stereocenters. The number of rotatable bonds is 19. The van der Waals surface area contributed by atoms with E-state index in [0.717, 1.165) is 96.6 Å². The molecule has 3 aliphatic rings. The molecular weight excluding hydrogens is 853 g/mol. The maximum Gasteiger partial charge on any atom is 0.407 e. The molecule has 2 aromatic heterocycles. The van der Waals surface area contributed by atoms with Crippen LogP contribution in [0, 0.1) is 5.92 Å². The summed E-state index contributed by atoms with van der Waals surface area (Å²) in [5.41, 5.74) is 6.00. The third-order valence-corrected chi connectivity index (χ3v) is 13.1. The Morgan fingerprint density at radius 3 is 1.81 bits per heavy atom. The normalized spacial score (nSPS) is 18.4. The molecule has 356 valence electrons. The van der Waals surface area contributed by atoms with E-state index in [1.54, 1.807) is 25.3 Å². The Bertz CT molecular complexity index is 2430. The van der Waals surface area contributed by atoms with E-state index in [4.69, 9.17) is 33.7 Å². The fourth-order valence-electron chi connectivity index (χ4n) is 9.68. The smallest absolute Gasteiger partial charge is 0.407 e. The predicted octanol–water partition coefficient (Wildman–Crippen LogP) is 7.73. The van der Waals surface area contributed by atoms with Crippen LogP contribution in [0.2, 0.25) is 0 Å². The van der Waals surface area contributed by atoms with Gasteiger partial charge in [-0.1, -0.05) is 68.4 Å². The molecule has 3 fully saturated rings. The van der Waals surface area contributed by atoms with Crippen LogP contribution in [-0.4, -0.2) is 133 Å². The van der Waals surface area contributed by atoms with Crippen molar-refractivity contribution in [3.63, 3.8) is 0 Å². The molecule has 0 radical (unpaired) electrons. The Labute approximate surface area is 392 Å². The number of carbonyl (C=O) groups excluding carboxylic acids is 3. The zero-order valence-electron chi connectivity index (χ0n) is 39.3. The van der Waals surface area contributed by atoms with Gasteiger partial charge < -0.3 is 48.8 Å². The second-order valence-corrected chi connectivity index (χ2v) is 17.7. The minimum Gasteiger partial charge on any atom is -0.487 e. The highest BCUT2D eigenvalue weighted by molar-refractivity contribution is 5.87. The molecule has 3 amide bonds. The topological polar surface area (TPSA) is 176 Å². The van der Waals surface area contributed by atoms with Crippen LogP contribution >= 0.6 is 0 Å². The summed E-state index contributed by atoms with van der Waals surface area (Å²) in [6.07, 6.45) is 8.44. The number of ether oxygens (including phenoxy) is 5. The lowest BCUT2D eigenvalue weighted by Crippen LogP contribution is -2.51. The van der Waals surface area contributed by atoms with E-state index in [9.17, 15) is 14.4 Å². The summed E-state index contributed by atoms with van der Waals surface area (Å²) in [6.45, 7) is 8.16. The average Bonchev–Trinajstić information content (AvgIpc) is 4.21. The first-order valence-electron chi connectivity index (χ1n) is 23.6. The van der Waals surface area contributed by atoms with E-state index < -0.39 is 12.1 Å². The zero-order valence-corrected chi connectivity index (χ0v) is 39.3. The maximum atomic E-state index is 14.6. The molecule has 0 bridgehead atoms. The van der Waals surface area contributed by atoms with Gasteiger partial charge in [-0.25, -0.2) is 14.8 Å². The number of likely N-dealkylation sites (tertiary alicyclic amines) is 3. The fraction of sp³-hybridized carbons (Fsp3) is 0.471. The second kappa shape index (κ2) is 22.0. The summed E-state index contributed by atoms with van der Waals surface area (Å²) in [5.74, 6) is 2.36. The molecule has 16 nitrogen and oxygen atoms in total. The molecule has 67 heavy (non-hydrogen) atoms. The van der Waals surface area contributed by atoms with Gasteiger partial charge >= 0.3 is 6.09 Å². The van der Waals surface area contributed by atoms with Gasteiger partial charge in [0, 0.05) is 38.4 Å². The van der Waals surface area contributed by atoms with E-state index in [0.29, 0.717) is 43.6 Å². The number of benzene rings is 3. The van der Waals surface area contributed by atoms with E-state index in [-0.39, 0.29) is 49.1 Å². The highest BCUT2D eigenvalue weighted by Crippen LogP contribution is 2.46. The van der Waals surface area contributed by atoms with Crippen molar-refractivity contribution in [3.8, 4) is 45.1 Å². The van der Waals surface area contributed by atoms with Crippen LogP contribution < -0.4 is 14.8 Å². The number of aromatic amines is 2. The number of H-pyrrole nitrogens is 2. The van der Waals surface area contributed by atoms with Gasteiger partial charge in [0.1, 0.15) is 36.9 Å². The summed E-state index contributed by atoms with van der Waals surface area (Å²) in [6, 6.07) is 20.8. The Morgan fingerprint density at radius 2 is 1.21 bits per heavy atom. The monoisotopic (exact) mass is 916 g/mol. The highest BCUT2D eigenvalue weighted by atomic mass is 16.6. The Balaban J connectivity index is 1.06. The number of hydrogen-bond donors (Lipinski definition) is 3. The van der Waals surface area contributed by atoms with Crippen LogP contribution in [0.25, 0.3) is 33.6 Å². The van der Waals surface area contributed by atoms with Crippen molar-refractivity contribution in [1.29, 1.82) is 0 Å². The van der Waals surface area contributed by atoms with Crippen molar-refractivity contribution < 1.29 is 38.1 Å². The first kappa shape index (κ1) is 47.3. The van der Waals surface area contributed by atoms with Gasteiger partial charge in [-0.2, -0.15) is 0 Å². The van der Waals surface area contributed by atoms with Crippen LogP contribution in [0.4, 0.5) is 4.79 Å². The van der Waals surface area contributed by atoms with E-state index in [1.807, 2.05) is 79.5 Å². The molecule has 5 aromatic rings. The number of amides is 3. The summed E-state index contributed by atoms with van der Waals surface area (Å²) in [5, 5.41) is 2.71. The minimum absolute atomic E-state index is 0.118. The number of hydrogen-bond acceptors (Lipinski definition) is 11. The van der Waals surface area contributed by atoms with Gasteiger partial charge in [0.15, 0.2) is 11.5 Å². The van der Waals surface area contributed by atoms with Crippen molar-refractivity contribution in [2.45, 2.75) is 76.5 Å². The SMILES string of the molecule is COCCOc1c(-c2ccc(-c3cnc(C4CCCN4C(=O)C(NC(=O)OC)C(C)C)[nH]3)cc2)ccc(-c2cnc(C3CCCN3C(=O)C(c3ccccc3)N3CCCC3)[nH]2)c1OCCOC. The number of carbonyl (C=O) groups is 3. The largest absolute Gasteiger partial charge is 0.487 e. The van der Waals surface area contributed by atoms with E-state index in [1.165, 1.54) is 7.11 Å². The van der Waals surface area contributed by atoms with Gasteiger partial charge in [-0.15, -0.1) is 0 Å². The van der Waals surface area contributed by atoms with Crippen molar-refractivity contribution in [1.82, 2.24) is 40.0 Å². The molecule has 3 N–H and O–H groups in total. The maximum absolute atomic E-state index is 14.6. The first-order chi connectivity index (χ1) is 32.7. The average molecular weight is 917 g/mol. The lowest BCUT2D eigenvalue weighted by Gasteiger charge is -2.33. The molecule has 16 heteroatoms. The predicted molar refractivity (Wildman–Crippen MR) is 253 cm³/mol. The lowest BCUT2D eigenvalue weighted by atomic mass is 9.98. The van der Waals surface area contributed by atoms with Crippen LogP contribution in [0.1, 0.15) is 87.7 Å². The van der Waals surface area contributed by atoms with Crippen LogP contribution in [0.3, 0.4) is 0 Å². The summed E-state index contributed by atoms with van der Waals surface area (Å²) in [7, 11) is 4.57. The lowest BCUT2D eigenvalue weighted by molar-refractivity contribution is -0.138. The number of alkyl carbamates (subject to hydrolysis) is 1. The van der Waals surface area contributed by atoms with Crippen molar-refractivity contribution in [3.05, 3.63) is 96.3 Å². The van der Waals surface area contributed by atoms with E-state index in [2.05, 4.69) is 32.3 Å². The van der Waals surface area contributed by atoms with Gasteiger partial charge in [-0.05, 0) is 86.4 Å². The zero-order chi connectivity index (χ0) is 46.9. The molecule has 3 saturated heterocycles. The quantitative estimate of drug-likeness (QED) is 0.0692. The summed E-state index contributed by atoms with van der Waals surface area (Å²) < 4.78 is 28.7. The van der Waals surface area contributed by atoms with Crippen LogP contribution in [-0.2, 0) is 23.8 Å².